The van der Waals surface area contributed by atoms with E-state index in [9.17, 15) is 8.78 Å². The van der Waals surface area contributed by atoms with Crippen LogP contribution in [-0.2, 0) is 6.54 Å². The third kappa shape index (κ3) is 4.15. The van der Waals surface area contributed by atoms with Gasteiger partial charge in [0.25, 0.3) is 0 Å². The largest absolute Gasteiger partial charge is 0.358 e. The van der Waals surface area contributed by atoms with Crippen LogP contribution in [0.25, 0.3) is 0 Å². The topological polar surface area (TPSA) is 24.1 Å². The summed E-state index contributed by atoms with van der Waals surface area (Å²) in [4.78, 5) is 0. The molecule has 2 aromatic rings. The van der Waals surface area contributed by atoms with Gasteiger partial charge in [-0.3, -0.25) is 0 Å². The SMILES string of the molecule is Fc1ccc(NC(=S)NCc2cccc(Cl)c2)c(F)c1. The quantitative estimate of drug-likeness (QED) is 0.834. The number of halogens is 3. The fourth-order valence-corrected chi connectivity index (χ4v) is 1.98. The van der Waals surface area contributed by atoms with Gasteiger partial charge in [-0.1, -0.05) is 23.7 Å². The lowest BCUT2D eigenvalue weighted by Gasteiger charge is -2.11. The Morgan fingerprint density at radius 3 is 2.65 bits per heavy atom. The summed E-state index contributed by atoms with van der Waals surface area (Å²) in [5.41, 5.74) is 1.07. The van der Waals surface area contributed by atoms with Crippen molar-refractivity contribution in [2.75, 3.05) is 5.32 Å². The summed E-state index contributed by atoms with van der Waals surface area (Å²) in [6.07, 6.45) is 0. The normalized spacial score (nSPS) is 10.2. The van der Waals surface area contributed by atoms with E-state index in [-0.39, 0.29) is 10.8 Å². The minimum absolute atomic E-state index is 0.120. The number of rotatable bonds is 3. The summed E-state index contributed by atoms with van der Waals surface area (Å²) in [6, 6.07) is 10.5. The second-order valence-corrected chi connectivity index (χ2v) is 4.91. The van der Waals surface area contributed by atoms with Gasteiger partial charge in [0.15, 0.2) is 5.11 Å². The van der Waals surface area contributed by atoms with Gasteiger partial charge in [-0.15, -0.1) is 0 Å². The molecule has 0 unspecified atom stereocenters. The molecule has 6 heteroatoms. The summed E-state index contributed by atoms with van der Waals surface area (Å²) in [6.45, 7) is 0.454. The number of hydrogen-bond acceptors (Lipinski definition) is 1. The van der Waals surface area contributed by atoms with Crippen LogP contribution in [0.4, 0.5) is 14.5 Å². The Bertz CT molecular complexity index is 634. The molecule has 0 heterocycles. The Kier molecular flexibility index (Phi) is 4.87. The van der Waals surface area contributed by atoms with Crippen LogP contribution < -0.4 is 10.6 Å². The lowest BCUT2D eigenvalue weighted by Crippen LogP contribution is -2.28. The highest BCUT2D eigenvalue weighted by molar-refractivity contribution is 7.80. The van der Waals surface area contributed by atoms with Gasteiger partial charge in [0.2, 0.25) is 0 Å². The van der Waals surface area contributed by atoms with E-state index in [2.05, 4.69) is 10.6 Å². The van der Waals surface area contributed by atoms with E-state index in [1.54, 1.807) is 12.1 Å². The Hall–Kier alpha value is -1.72. The fraction of sp³-hybridized carbons (Fsp3) is 0.0714. The first-order chi connectivity index (χ1) is 9.54. The number of benzene rings is 2. The van der Waals surface area contributed by atoms with Crippen LogP contribution >= 0.6 is 23.8 Å². The van der Waals surface area contributed by atoms with Gasteiger partial charge in [-0.05, 0) is 42.0 Å². The molecule has 0 fully saturated rings. The molecule has 2 rings (SSSR count). The molecule has 0 aliphatic rings. The number of nitrogens with one attached hydrogen (secondary N) is 2. The monoisotopic (exact) mass is 312 g/mol. The van der Waals surface area contributed by atoms with Crippen molar-refractivity contribution < 1.29 is 8.78 Å². The van der Waals surface area contributed by atoms with Crippen LogP contribution in [0.3, 0.4) is 0 Å². The van der Waals surface area contributed by atoms with E-state index in [0.717, 1.165) is 17.7 Å². The highest BCUT2D eigenvalue weighted by Crippen LogP contribution is 2.15. The first-order valence-electron chi connectivity index (χ1n) is 5.79. The summed E-state index contributed by atoms with van der Waals surface area (Å²) in [7, 11) is 0. The molecule has 20 heavy (non-hydrogen) atoms. The van der Waals surface area contributed by atoms with Crippen LogP contribution in [0, 0.1) is 11.6 Å². The van der Waals surface area contributed by atoms with E-state index in [4.69, 9.17) is 23.8 Å². The van der Waals surface area contributed by atoms with Gasteiger partial charge in [0.05, 0.1) is 5.69 Å². The summed E-state index contributed by atoms with van der Waals surface area (Å²) in [5, 5.41) is 6.46. The number of thiocarbonyl (C=S) groups is 1. The van der Waals surface area contributed by atoms with E-state index in [1.165, 1.54) is 6.07 Å². The first-order valence-corrected chi connectivity index (χ1v) is 6.57. The van der Waals surface area contributed by atoms with Crippen molar-refractivity contribution in [2.45, 2.75) is 6.54 Å². The maximum Gasteiger partial charge on any atom is 0.171 e. The zero-order valence-electron chi connectivity index (χ0n) is 10.3. The van der Waals surface area contributed by atoms with Gasteiger partial charge in [0.1, 0.15) is 11.6 Å². The maximum atomic E-state index is 13.4. The maximum absolute atomic E-state index is 13.4. The van der Waals surface area contributed by atoms with E-state index in [0.29, 0.717) is 11.6 Å². The van der Waals surface area contributed by atoms with Crippen LogP contribution in [0.1, 0.15) is 5.56 Å². The lowest BCUT2D eigenvalue weighted by molar-refractivity contribution is 0.586. The molecule has 2 aromatic carbocycles. The van der Waals surface area contributed by atoms with Crippen LogP contribution in [0.2, 0.25) is 5.02 Å². The average molecular weight is 313 g/mol. The molecule has 0 saturated carbocycles. The van der Waals surface area contributed by atoms with E-state index < -0.39 is 11.6 Å². The molecular formula is C14H11ClF2N2S. The molecule has 0 amide bonds. The first kappa shape index (κ1) is 14.7. The Morgan fingerprint density at radius 2 is 1.95 bits per heavy atom. The smallest absolute Gasteiger partial charge is 0.171 e. The van der Waals surface area contributed by atoms with Crippen molar-refractivity contribution >= 4 is 34.6 Å². The molecule has 0 aliphatic heterocycles. The van der Waals surface area contributed by atoms with Crippen molar-refractivity contribution in [3.8, 4) is 0 Å². The number of anilines is 1. The molecule has 0 aromatic heterocycles. The molecule has 0 radical (unpaired) electrons. The van der Waals surface area contributed by atoms with Crippen molar-refractivity contribution in [1.29, 1.82) is 0 Å². The Morgan fingerprint density at radius 1 is 1.15 bits per heavy atom. The summed E-state index contributed by atoms with van der Waals surface area (Å²) < 4.78 is 26.2. The molecule has 0 bridgehead atoms. The molecule has 0 spiro atoms. The van der Waals surface area contributed by atoms with E-state index >= 15 is 0 Å². The van der Waals surface area contributed by atoms with Crippen LogP contribution in [0.15, 0.2) is 42.5 Å². The standard InChI is InChI=1S/C14H11ClF2N2S/c15-10-3-1-2-9(6-10)8-18-14(20)19-13-5-4-11(16)7-12(13)17/h1-7H,8H2,(H2,18,19,20). The average Bonchev–Trinajstić information content (AvgIpc) is 2.40. The third-order valence-electron chi connectivity index (χ3n) is 2.52. The van der Waals surface area contributed by atoms with Crippen molar-refractivity contribution in [3.05, 3.63) is 64.7 Å². The Balaban J connectivity index is 1.92. The van der Waals surface area contributed by atoms with Gasteiger partial charge in [-0.25, -0.2) is 8.78 Å². The van der Waals surface area contributed by atoms with Gasteiger partial charge >= 0.3 is 0 Å². The van der Waals surface area contributed by atoms with Gasteiger partial charge < -0.3 is 10.6 Å². The molecule has 104 valence electrons. The number of hydrogen-bond donors (Lipinski definition) is 2. The summed E-state index contributed by atoms with van der Waals surface area (Å²) in [5.74, 6) is -1.33. The molecule has 0 saturated heterocycles. The minimum Gasteiger partial charge on any atom is -0.358 e. The predicted octanol–water partition coefficient (Wildman–Crippen LogP) is 4.10. The molecule has 0 atom stereocenters. The second kappa shape index (κ2) is 6.63. The van der Waals surface area contributed by atoms with Crippen molar-refractivity contribution in [1.82, 2.24) is 5.32 Å². The fourth-order valence-electron chi connectivity index (χ4n) is 1.59. The second-order valence-electron chi connectivity index (χ2n) is 4.06. The zero-order chi connectivity index (χ0) is 14.5. The van der Waals surface area contributed by atoms with E-state index in [1.807, 2.05) is 12.1 Å². The lowest BCUT2D eigenvalue weighted by atomic mass is 10.2. The van der Waals surface area contributed by atoms with Gasteiger partial charge in [-0.2, -0.15) is 0 Å². The third-order valence-corrected chi connectivity index (χ3v) is 3.00. The van der Waals surface area contributed by atoms with Crippen LogP contribution in [0.5, 0.6) is 0 Å². The molecule has 0 aliphatic carbocycles. The summed E-state index contributed by atoms with van der Waals surface area (Å²) >= 11 is 10.9. The Labute approximate surface area is 125 Å². The minimum atomic E-state index is -0.697. The van der Waals surface area contributed by atoms with Crippen molar-refractivity contribution in [3.63, 3.8) is 0 Å². The highest BCUT2D eigenvalue weighted by Gasteiger charge is 2.05. The predicted molar refractivity (Wildman–Crippen MR) is 80.9 cm³/mol. The van der Waals surface area contributed by atoms with Gasteiger partial charge in [0, 0.05) is 17.6 Å². The van der Waals surface area contributed by atoms with Crippen molar-refractivity contribution in [2.24, 2.45) is 0 Å². The zero-order valence-corrected chi connectivity index (χ0v) is 11.9. The molecule has 2 N–H and O–H groups in total. The molecular weight excluding hydrogens is 302 g/mol. The van der Waals surface area contributed by atoms with Crippen LogP contribution in [-0.4, -0.2) is 5.11 Å². The highest BCUT2D eigenvalue weighted by atomic mass is 35.5. The molecule has 2 nitrogen and oxygen atoms in total.